The van der Waals surface area contributed by atoms with Gasteiger partial charge in [0.25, 0.3) is 5.56 Å². The number of nitrogens with one attached hydrogen (secondary N) is 1. The van der Waals surface area contributed by atoms with E-state index in [-0.39, 0.29) is 17.2 Å². The van der Waals surface area contributed by atoms with Crippen LogP contribution in [0.5, 0.6) is 0 Å². The number of pyridine rings is 1. The smallest absolute Gasteiger partial charge is 0.272 e. The largest absolute Gasteiger partial charge is 0.353 e. The molecule has 28 heavy (non-hydrogen) atoms. The maximum absolute atomic E-state index is 13.2. The van der Waals surface area contributed by atoms with Crippen LogP contribution in [0.2, 0.25) is 0 Å². The first kappa shape index (κ1) is 19.4. The van der Waals surface area contributed by atoms with Gasteiger partial charge in [-0.1, -0.05) is 38.5 Å². The molecule has 0 unspecified atom stereocenters. The summed E-state index contributed by atoms with van der Waals surface area (Å²) in [6.07, 6.45) is 6.22. The minimum Gasteiger partial charge on any atom is -0.353 e. The van der Waals surface area contributed by atoms with Crippen LogP contribution in [0.3, 0.4) is 0 Å². The van der Waals surface area contributed by atoms with Gasteiger partial charge in [-0.25, -0.2) is 9.97 Å². The summed E-state index contributed by atoms with van der Waals surface area (Å²) >= 11 is 2.73. The van der Waals surface area contributed by atoms with Gasteiger partial charge in [0.2, 0.25) is 5.91 Å². The Morgan fingerprint density at radius 3 is 2.93 bits per heavy atom. The zero-order valence-corrected chi connectivity index (χ0v) is 17.7. The highest BCUT2D eigenvalue weighted by molar-refractivity contribution is 7.99. The molecule has 1 saturated carbocycles. The van der Waals surface area contributed by atoms with E-state index in [4.69, 9.17) is 4.98 Å². The second-order valence-electron chi connectivity index (χ2n) is 7.68. The van der Waals surface area contributed by atoms with Crippen LogP contribution in [0.15, 0.2) is 28.3 Å². The molecule has 3 heterocycles. The fourth-order valence-corrected chi connectivity index (χ4v) is 5.49. The number of carbonyl (C=O) groups excluding carboxylic acids is 1. The van der Waals surface area contributed by atoms with Crippen molar-refractivity contribution < 1.29 is 4.79 Å². The number of thioether (sulfide) groups is 1. The van der Waals surface area contributed by atoms with Gasteiger partial charge in [-0.2, -0.15) is 0 Å². The summed E-state index contributed by atoms with van der Waals surface area (Å²) < 4.78 is 2.35. The molecule has 0 bridgehead atoms. The lowest BCUT2D eigenvalue weighted by Gasteiger charge is -2.15. The molecule has 6 nitrogen and oxygen atoms in total. The monoisotopic (exact) mass is 416 g/mol. The van der Waals surface area contributed by atoms with Crippen molar-refractivity contribution in [2.75, 3.05) is 5.75 Å². The molecule has 1 amide bonds. The zero-order valence-electron chi connectivity index (χ0n) is 16.1. The van der Waals surface area contributed by atoms with Crippen LogP contribution >= 0.6 is 23.1 Å². The van der Waals surface area contributed by atoms with Crippen LogP contribution in [0.1, 0.15) is 39.5 Å². The number of nitrogens with zero attached hydrogens (tertiary/aromatic N) is 3. The van der Waals surface area contributed by atoms with E-state index < -0.39 is 0 Å². The van der Waals surface area contributed by atoms with Crippen LogP contribution in [0, 0.1) is 5.92 Å². The summed E-state index contributed by atoms with van der Waals surface area (Å²) in [4.78, 5) is 35.5. The summed E-state index contributed by atoms with van der Waals surface area (Å²) in [5.41, 5.74) is 0.650. The van der Waals surface area contributed by atoms with E-state index in [0.29, 0.717) is 33.9 Å². The average molecular weight is 417 g/mol. The molecule has 148 valence electrons. The van der Waals surface area contributed by atoms with Crippen molar-refractivity contribution in [2.24, 2.45) is 5.92 Å². The summed E-state index contributed by atoms with van der Waals surface area (Å²) in [5, 5.41) is 4.61. The van der Waals surface area contributed by atoms with Gasteiger partial charge < -0.3 is 5.32 Å². The molecule has 1 fully saturated rings. The second-order valence-corrected chi connectivity index (χ2v) is 9.62. The number of aromatic nitrogens is 3. The lowest BCUT2D eigenvalue weighted by Crippen LogP contribution is -2.34. The van der Waals surface area contributed by atoms with Crippen LogP contribution in [-0.4, -0.2) is 32.2 Å². The first-order chi connectivity index (χ1) is 13.5. The first-order valence-electron chi connectivity index (χ1n) is 9.73. The van der Waals surface area contributed by atoms with Crippen molar-refractivity contribution in [3.8, 4) is 0 Å². The Morgan fingerprint density at radius 2 is 2.18 bits per heavy atom. The summed E-state index contributed by atoms with van der Waals surface area (Å²) in [7, 11) is 0. The lowest BCUT2D eigenvalue weighted by atomic mass is 10.2. The van der Waals surface area contributed by atoms with E-state index >= 15 is 0 Å². The third-order valence-electron chi connectivity index (χ3n) is 4.92. The number of amides is 1. The molecule has 1 aliphatic rings. The summed E-state index contributed by atoms with van der Waals surface area (Å²) in [6, 6.07) is 4.10. The highest BCUT2D eigenvalue weighted by Gasteiger charge is 2.20. The van der Waals surface area contributed by atoms with Crippen molar-refractivity contribution in [3.05, 3.63) is 28.7 Å². The summed E-state index contributed by atoms with van der Waals surface area (Å²) in [5.74, 6) is 0.586. The Balaban J connectivity index is 1.67. The van der Waals surface area contributed by atoms with Gasteiger partial charge in [0.15, 0.2) is 5.16 Å². The van der Waals surface area contributed by atoms with Gasteiger partial charge in [0.05, 0.1) is 11.3 Å². The standard InChI is InChI=1S/C20H24N4O2S2/c1-12(2)10-24-19(26)17-16(14-8-5-9-21-18(14)28-17)23-20(24)27-11-15(25)22-13-6-3-4-7-13/h5,8-9,12-13H,3-4,6-7,10-11H2,1-2H3,(H,22,25). The number of fused-ring (bicyclic) bond motifs is 3. The van der Waals surface area contributed by atoms with E-state index in [2.05, 4.69) is 24.1 Å². The van der Waals surface area contributed by atoms with Crippen molar-refractivity contribution in [3.63, 3.8) is 0 Å². The molecule has 1 N–H and O–H groups in total. The van der Waals surface area contributed by atoms with Crippen LogP contribution in [-0.2, 0) is 11.3 Å². The topological polar surface area (TPSA) is 76.9 Å². The molecule has 0 aromatic carbocycles. The fourth-order valence-electron chi connectivity index (χ4n) is 3.65. The van der Waals surface area contributed by atoms with Crippen LogP contribution in [0.4, 0.5) is 0 Å². The molecule has 0 aliphatic heterocycles. The molecule has 3 aromatic heterocycles. The highest BCUT2D eigenvalue weighted by atomic mass is 32.2. The molecule has 8 heteroatoms. The van der Waals surface area contributed by atoms with Crippen molar-refractivity contribution in [2.45, 2.75) is 57.3 Å². The SMILES string of the molecule is CC(C)Cn1c(SCC(=O)NC2CCCC2)nc2c(sc3ncccc32)c1=O. The maximum Gasteiger partial charge on any atom is 0.272 e. The number of thiophene rings is 1. The molecule has 0 atom stereocenters. The fraction of sp³-hybridized carbons (Fsp3) is 0.500. The normalized spacial score (nSPS) is 15.1. The van der Waals surface area contributed by atoms with Gasteiger partial charge in [0, 0.05) is 24.2 Å². The lowest BCUT2D eigenvalue weighted by molar-refractivity contribution is -0.119. The molecule has 3 aromatic rings. The number of hydrogen-bond acceptors (Lipinski definition) is 6. The Kier molecular flexibility index (Phi) is 5.68. The molecule has 1 aliphatic carbocycles. The molecule has 0 radical (unpaired) electrons. The molecular weight excluding hydrogens is 392 g/mol. The summed E-state index contributed by atoms with van der Waals surface area (Å²) in [6.45, 7) is 4.73. The Hall–Kier alpha value is -1.93. The zero-order chi connectivity index (χ0) is 19.7. The molecule has 4 rings (SSSR count). The van der Waals surface area contributed by atoms with E-state index in [1.54, 1.807) is 10.8 Å². The predicted octanol–water partition coefficient (Wildman–Crippen LogP) is 3.81. The highest BCUT2D eigenvalue weighted by Crippen LogP contribution is 2.30. The third-order valence-corrected chi connectivity index (χ3v) is 6.99. The van der Waals surface area contributed by atoms with E-state index in [0.717, 1.165) is 23.1 Å². The second kappa shape index (κ2) is 8.21. The minimum atomic E-state index is -0.0413. The Bertz CT molecular complexity index is 1070. The molecule has 0 spiro atoms. The molecule has 0 saturated heterocycles. The van der Waals surface area contributed by atoms with Crippen LogP contribution < -0.4 is 10.9 Å². The van der Waals surface area contributed by atoms with Crippen molar-refractivity contribution in [1.29, 1.82) is 0 Å². The number of rotatable bonds is 6. The number of carbonyl (C=O) groups is 1. The Morgan fingerprint density at radius 1 is 1.39 bits per heavy atom. The van der Waals surface area contributed by atoms with E-state index in [1.807, 2.05) is 12.1 Å². The van der Waals surface area contributed by atoms with Crippen molar-refractivity contribution >= 4 is 49.4 Å². The van der Waals surface area contributed by atoms with Gasteiger partial charge in [-0.3, -0.25) is 14.2 Å². The average Bonchev–Trinajstić information content (AvgIpc) is 3.30. The van der Waals surface area contributed by atoms with E-state index in [1.165, 1.54) is 35.9 Å². The van der Waals surface area contributed by atoms with Gasteiger partial charge in [-0.05, 0) is 30.9 Å². The van der Waals surface area contributed by atoms with Gasteiger partial charge in [-0.15, -0.1) is 11.3 Å². The van der Waals surface area contributed by atoms with Gasteiger partial charge in [0.1, 0.15) is 9.53 Å². The molecular formula is C20H24N4O2S2. The minimum absolute atomic E-state index is 0.0131. The van der Waals surface area contributed by atoms with Gasteiger partial charge >= 0.3 is 0 Å². The van der Waals surface area contributed by atoms with Crippen molar-refractivity contribution in [1.82, 2.24) is 19.9 Å². The predicted molar refractivity (Wildman–Crippen MR) is 115 cm³/mol. The maximum atomic E-state index is 13.2. The third kappa shape index (κ3) is 3.93. The number of hydrogen-bond donors (Lipinski definition) is 1. The quantitative estimate of drug-likeness (QED) is 0.488. The Labute approximate surface area is 171 Å². The van der Waals surface area contributed by atoms with E-state index in [9.17, 15) is 9.59 Å². The van der Waals surface area contributed by atoms with Crippen LogP contribution in [0.25, 0.3) is 20.4 Å². The first-order valence-corrected chi connectivity index (χ1v) is 11.5.